The highest BCUT2D eigenvalue weighted by Crippen LogP contribution is 2.50. The predicted octanol–water partition coefficient (Wildman–Crippen LogP) is 2.68. The van der Waals surface area contributed by atoms with Crippen molar-refractivity contribution in [2.45, 2.75) is 18.3 Å². The number of hydrogen-bond acceptors (Lipinski definition) is 2. The molecule has 1 aromatic rings. The highest BCUT2D eigenvalue weighted by atomic mass is 35.5. The molecule has 3 N–H and O–H groups in total. The minimum absolute atomic E-state index is 0. The number of carbonyl (C=O) groups excluding carboxylic acids is 1. The van der Waals surface area contributed by atoms with Gasteiger partial charge in [0.25, 0.3) is 0 Å². The zero-order valence-corrected chi connectivity index (χ0v) is 12.4. The van der Waals surface area contributed by atoms with Crippen LogP contribution < -0.4 is 11.1 Å². The van der Waals surface area contributed by atoms with Crippen LogP contribution in [0.1, 0.15) is 34.3 Å². The van der Waals surface area contributed by atoms with Crippen molar-refractivity contribution in [2.75, 3.05) is 6.54 Å². The third-order valence-corrected chi connectivity index (χ3v) is 4.69. The monoisotopic (exact) mass is 300 g/mol. The van der Waals surface area contributed by atoms with Gasteiger partial charge in [0.05, 0.1) is 0 Å². The molecular weight excluding hydrogens is 284 g/mol. The minimum Gasteiger partial charge on any atom is -0.385 e. The van der Waals surface area contributed by atoms with E-state index in [9.17, 15) is 4.79 Å². The first-order chi connectivity index (χ1) is 9.71. The molecule has 1 atom stereocenters. The summed E-state index contributed by atoms with van der Waals surface area (Å²) in [6.45, 7) is 0.969. The molecule has 0 radical (unpaired) electrons. The van der Waals surface area contributed by atoms with E-state index in [-0.39, 0.29) is 23.7 Å². The Hall–Kier alpha value is -2.00. The predicted molar refractivity (Wildman–Crippen MR) is 86.3 cm³/mol. The highest BCUT2D eigenvalue weighted by molar-refractivity contribution is 5.93. The molecule has 4 heteroatoms. The number of carbonyl (C=O) groups is 1. The quantitative estimate of drug-likeness (QED) is 0.838. The molecule has 0 spiro atoms. The van der Waals surface area contributed by atoms with Crippen molar-refractivity contribution in [1.82, 2.24) is 5.32 Å². The van der Waals surface area contributed by atoms with Crippen LogP contribution in [-0.2, 0) is 5.41 Å². The van der Waals surface area contributed by atoms with E-state index in [0.717, 1.165) is 19.4 Å². The van der Waals surface area contributed by atoms with Crippen LogP contribution in [0.4, 0.5) is 0 Å². The van der Waals surface area contributed by atoms with E-state index in [1.165, 1.54) is 22.4 Å². The summed E-state index contributed by atoms with van der Waals surface area (Å²) >= 11 is 0. The SMILES string of the molecule is Cl.NC(=O)c1ccc2c(c1)C13CC=CC=C1C(=C2)NCC3. The molecule has 2 aliphatic carbocycles. The number of amides is 1. The second-order valence-electron chi connectivity index (χ2n) is 5.70. The summed E-state index contributed by atoms with van der Waals surface area (Å²) in [5.74, 6) is -0.357. The fourth-order valence-corrected chi connectivity index (χ4v) is 3.72. The fraction of sp³-hybridized carbons (Fsp3) is 0.235. The standard InChI is InChI=1S/C17H16N2O.ClH/c18-16(20)12-5-4-11-10-15-13-3-1-2-6-17(13,7-8-19-15)14(11)9-12;/h1-5,9-10,19H,6-8H2,(H2,18,20);1H. The van der Waals surface area contributed by atoms with E-state index in [0.29, 0.717) is 5.56 Å². The molecule has 1 unspecified atom stereocenters. The number of benzene rings is 1. The molecule has 1 amide bonds. The van der Waals surface area contributed by atoms with E-state index in [2.05, 4.69) is 29.6 Å². The van der Waals surface area contributed by atoms with Crippen molar-refractivity contribution >= 4 is 24.4 Å². The molecule has 2 bridgehead atoms. The molecule has 1 aliphatic heterocycles. The molecule has 0 saturated carbocycles. The number of halogens is 1. The minimum atomic E-state index is -0.357. The molecule has 0 aromatic heterocycles. The Balaban J connectivity index is 0.00000132. The van der Waals surface area contributed by atoms with Crippen LogP contribution >= 0.6 is 12.4 Å². The number of nitrogens with one attached hydrogen (secondary N) is 1. The third-order valence-electron chi connectivity index (χ3n) is 4.69. The first-order valence-corrected chi connectivity index (χ1v) is 6.98. The number of hydrogen-bond donors (Lipinski definition) is 2. The van der Waals surface area contributed by atoms with Crippen molar-refractivity contribution < 1.29 is 4.79 Å². The van der Waals surface area contributed by atoms with Gasteiger partial charge in [0.1, 0.15) is 0 Å². The van der Waals surface area contributed by atoms with Crippen molar-refractivity contribution in [3.05, 3.63) is 64.4 Å². The van der Waals surface area contributed by atoms with Gasteiger partial charge in [-0.1, -0.05) is 24.3 Å². The Morgan fingerprint density at radius 3 is 3.00 bits per heavy atom. The Morgan fingerprint density at radius 1 is 1.33 bits per heavy atom. The second kappa shape index (κ2) is 4.78. The van der Waals surface area contributed by atoms with Crippen LogP contribution in [0.2, 0.25) is 0 Å². The maximum absolute atomic E-state index is 11.5. The third kappa shape index (κ3) is 1.84. The summed E-state index contributed by atoms with van der Waals surface area (Å²) in [5.41, 5.74) is 11.1. The largest absolute Gasteiger partial charge is 0.385 e. The molecule has 3 nitrogen and oxygen atoms in total. The summed E-state index contributed by atoms with van der Waals surface area (Å²) in [4.78, 5) is 11.5. The van der Waals surface area contributed by atoms with Gasteiger partial charge < -0.3 is 11.1 Å². The summed E-state index contributed by atoms with van der Waals surface area (Å²) in [6.07, 6.45) is 10.8. The molecule has 1 aromatic carbocycles. The average Bonchev–Trinajstić information content (AvgIpc) is 2.46. The topological polar surface area (TPSA) is 55.1 Å². The lowest BCUT2D eigenvalue weighted by Gasteiger charge is -2.46. The van der Waals surface area contributed by atoms with Crippen LogP contribution in [0.5, 0.6) is 0 Å². The molecule has 4 rings (SSSR count). The van der Waals surface area contributed by atoms with Gasteiger partial charge in [-0.15, -0.1) is 12.4 Å². The van der Waals surface area contributed by atoms with Gasteiger partial charge in [-0.25, -0.2) is 0 Å². The molecule has 108 valence electrons. The zero-order valence-electron chi connectivity index (χ0n) is 11.6. The Kier molecular flexibility index (Phi) is 3.18. The van der Waals surface area contributed by atoms with Crippen LogP contribution in [0.3, 0.4) is 0 Å². The molecule has 1 heterocycles. The Bertz CT molecular complexity index is 718. The number of fused-ring (bicyclic) bond motifs is 1. The smallest absolute Gasteiger partial charge is 0.248 e. The number of piperidine rings is 1. The average molecular weight is 301 g/mol. The second-order valence-corrected chi connectivity index (χ2v) is 5.70. The van der Waals surface area contributed by atoms with Crippen molar-refractivity contribution in [2.24, 2.45) is 5.73 Å². The Morgan fingerprint density at radius 2 is 2.19 bits per heavy atom. The van der Waals surface area contributed by atoms with Gasteiger partial charge in [0.2, 0.25) is 5.91 Å². The van der Waals surface area contributed by atoms with E-state index in [1.54, 1.807) is 0 Å². The summed E-state index contributed by atoms with van der Waals surface area (Å²) < 4.78 is 0. The van der Waals surface area contributed by atoms with E-state index in [1.807, 2.05) is 18.2 Å². The van der Waals surface area contributed by atoms with Crippen LogP contribution in [0, 0.1) is 0 Å². The molecule has 3 aliphatic rings. The fourth-order valence-electron chi connectivity index (χ4n) is 3.72. The number of primary amides is 1. The lowest BCUT2D eigenvalue weighted by Crippen LogP contribution is -2.44. The molecule has 1 fully saturated rings. The van der Waals surface area contributed by atoms with Crippen molar-refractivity contribution in [3.8, 4) is 0 Å². The number of nitrogens with two attached hydrogens (primary N) is 1. The summed E-state index contributed by atoms with van der Waals surface area (Å²) in [5, 5.41) is 3.49. The van der Waals surface area contributed by atoms with Crippen molar-refractivity contribution in [3.63, 3.8) is 0 Å². The maximum atomic E-state index is 11.5. The van der Waals surface area contributed by atoms with E-state index in [4.69, 9.17) is 5.73 Å². The van der Waals surface area contributed by atoms with Gasteiger partial charge in [0.15, 0.2) is 0 Å². The normalized spacial score (nSPS) is 24.6. The first kappa shape index (κ1) is 14.0. The van der Waals surface area contributed by atoms with Gasteiger partial charge >= 0.3 is 0 Å². The van der Waals surface area contributed by atoms with Crippen LogP contribution in [-0.4, -0.2) is 12.5 Å². The molecule has 21 heavy (non-hydrogen) atoms. The molecule has 1 saturated heterocycles. The van der Waals surface area contributed by atoms with Gasteiger partial charge in [-0.05, 0) is 47.8 Å². The maximum Gasteiger partial charge on any atom is 0.248 e. The van der Waals surface area contributed by atoms with Crippen LogP contribution in [0.15, 0.2) is 47.7 Å². The lowest BCUT2D eigenvalue weighted by atomic mass is 9.61. The van der Waals surface area contributed by atoms with Crippen molar-refractivity contribution in [1.29, 1.82) is 0 Å². The Labute approximate surface area is 130 Å². The summed E-state index contributed by atoms with van der Waals surface area (Å²) in [7, 11) is 0. The highest BCUT2D eigenvalue weighted by Gasteiger charge is 2.43. The number of allylic oxidation sites excluding steroid dienone is 4. The zero-order chi connectivity index (χ0) is 13.7. The van der Waals surface area contributed by atoms with E-state index < -0.39 is 0 Å². The van der Waals surface area contributed by atoms with Gasteiger partial charge in [-0.2, -0.15) is 0 Å². The van der Waals surface area contributed by atoms with Crippen LogP contribution in [0.25, 0.3) is 6.08 Å². The first-order valence-electron chi connectivity index (χ1n) is 6.98. The lowest BCUT2D eigenvalue weighted by molar-refractivity contribution is 0.1000. The number of rotatable bonds is 1. The van der Waals surface area contributed by atoms with Gasteiger partial charge in [-0.3, -0.25) is 4.79 Å². The van der Waals surface area contributed by atoms with E-state index >= 15 is 0 Å². The van der Waals surface area contributed by atoms with Gasteiger partial charge in [0, 0.05) is 23.2 Å². The molecular formula is C17H17ClN2O. The summed E-state index contributed by atoms with van der Waals surface area (Å²) in [6, 6.07) is 5.82.